The fraction of sp³-hybridized carbons (Fsp3) is 0.400. The molecule has 0 saturated heterocycles. The number of aromatic nitrogens is 5. The molecule has 16 heavy (non-hydrogen) atoms. The van der Waals surface area contributed by atoms with Crippen molar-refractivity contribution in [2.45, 2.75) is 25.3 Å². The van der Waals surface area contributed by atoms with E-state index in [0.717, 1.165) is 17.8 Å². The van der Waals surface area contributed by atoms with Crippen LogP contribution in [-0.4, -0.2) is 25.0 Å². The third kappa shape index (κ3) is 2.55. The third-order valence-corrected chi connectivity index (χ3v) is 2.71. The molecule has 0 aliphatic carbocycles. The van der Waals surface area contributed by atoms with E-state index in [9.17, 15) is 0 Å². The van der Waals surface area contributed by atoms with Crippen LogP contribution in [0.25, 0.3) is 0 Å². The predicted octanol–water partition coefficient (Wildman–Crippen LogP) is 1.81. The molecule has 2 aromatic rings. The van der Waals surface area contributed by atoms with Crippen LogP contribution in [0, 0.1) is 0 Å². The molecule has 0 saturated carbocycles. The molecule has 0 aliphatic rings. The van der Waals surface area contributed by atoms with Gasteiger partial charge in [0.05, 0.1) is 30.0 Å². The summed E-state index contributed by atoms with van der Waals surface area (Å²) in [4.78, 5) is 8.15. The van der Waals surface area contributed by atoms with Crippen molar-refractivity contribution >= 4 is 11.6 Å². The molecule has 0 bridgehead atoms. The summed E-state index contributed by atoms with van der Waals surface area (Å²) in [7, 11) is 0. The third-order valence-electron chi connectivity index (χ3n) is 2.18. The fourth-order valence-corrected chi connectivity index (χ4v) is 1.42. The maximum Gasteiger partial charge on any atom is 0.101 e. The number of hydrogen-bond acceptors (Lipinski definition) is 4. The summed E-state index contributed by atoms with van der Waals surface area (Å²) in [6.45, 7) is 2.58. The van der Waals surface area contributed by atoms with Gasteiger partial charge in [0.15, 0.2) is 0 Å². The lowest BCUT2D eigenvalue weighted by atomic mass is 10.3. The van der Waals surface area contributed by atoms with Crippen molar-refractivity contribution in [3.05, 3.63) is 36.2 Å². The average molecular weight is 238 g/mol. The van der Waals surface area contributed by atoms with Gasteiger partial charge in [-0.15, -0.1) is 16.7 Å². The van der Waals surface area contributed by atoms with Gasteiger partial charge in [0, 0.05) is 12.4 Å². The van der Waals surface area contributed by atoms with Crippen LogP contribution in [0.3, 0.4) is 0 Å². The summed E-state index contributed by atoms with van der Waals surface area (Å²) in [6.07, 6.45) is 7.69. The minimum absolute atomic E-state index is 0.0735. The van der Waals surface area contributed by atoms with Crippen molar-refractivity contribution in [2.75, 3.05) is 0 Å². The van der Waals surface area contributed by atoms with E-state index in [-0.39, 0.29) is 5.38 Å². The highest BCUT2D eigenvalue weighted by Gasteiger charge is 2.10. The Balaban J connectivity index is 2.09. The van der Waals surface area contributed by atoms with E-state index in [4.69, 9.17) is 11.6 Å². The number of halogens is 1. The molecule has 2 rings (SSSR count). The van der Waals surface area contributed by atoms with Crippen LogP contribution in [0.15, 0.2) is 24.8 Å². The topological polar surface area (TPSA) is 56.5 Å². The molecular weight excluding hydrogens is 226 g/mol. The summed E-state index contributed by atoms with van der Waals surface area (Å²) in [5, 5.41) is 7.94. The lowest BCUT2D eigenvalue weighted by Gasteiger charge is -1.99. The molecule has 0 radical (unpaired) electrons. The van der Waals surface area contributed by atoms with Crippen molar-refractivity contribution in [1.29, 1.82) is 0 Å². The largest absolute Gasteiger partial charge is 0.261 e. The number of nitrogens with zero attached hydrogens (tertiary/aromatic N) is 5. The Bertz CT molecular complexity index is 441. The molecule has 0 N–H and O–H groups in total. The molecule has 0 spiro atoms. The van der Waals surface area contributed by atoms with Crippen molar-refractivity contribution in [2.24, 2.45) is 0 Å². The average Bonchev–Trinajstić information content (AvgIpc) is 2.78. The van der Waals surface area contributed by atoms with Crippen molar-refractivity contribution in [3.8, 4) is 0 Å². The van der Waals surface area contributed by atoms with Crippen LogP contribution >= 0.6 is 11.6 Å². The molecular formula is C10H12ClN5. The quantitative estimate of drug-likeness (QED) is 0.761. The van der Waals surface area contributed by atoms with Gasteiger partial charge in [0.1, 0.15) is 5.69 Å². The lowest BCUT2D eigenvalue weighted by molar-refractivity contribution is 0.636. The van der Waals surface area contributed by atoms with E-state index >= 15 is 0 Å². The van der Waals surface area contributed by atoms with E-state index < -0.39 is 0 Å². The summed E-state index contributed by atoms with van der Waals surface area (Å²) in [5.41, 5.74) is 1.65. The molecule has 0 aromatic carbocycles. The zero-order valence-corrected chi connectivity index (χ0v) is 9.67. The van der Waals surface area contributed by atoms with Gasteiger partial charge >= 0.3 is 0 Å². The van der Waals surface area contributed by atoms with Gasteiger partial charge < -0.3 is 0 Å². The Kier molecular flexibility index (Phi) is 3.46. The molecule has 2 heterocycles. The maximum atomic E-state index is 6.06. The number of rotatable bonds is 4. The predicted molar refractivity (Wildman–Crippen MR) is 60.0 cm³/mol. The van der Waals surface area contributed by atoms with Gasteiger partial charge in [-0.2, -0.15) is 0 Å². The summed E-state index contributed by atoms with van der Waals surface area (Å²) in [5.74, 6) is 0. The minimum Gasteiger partial charge on any atom is -0.261 e. The van der Waals surface area contributed by atoms with Crippen LogP contribution < -0.4 is 0 Å². The second-order valence-electron chi connectivity index (χ2n) is 3.41. The van der Waals surface area contributed by atoms with Crippen molar-refractivity contribution in [1.82, 2.24) is 25.0 Å². The molecule has 0 amide bonds. The summed E-state index contributed by atoms with van der Waals surface area (Å²) in [6, 6.07) is 0. The highest BCUT2D eigenvalue weighted by Crippen LogP contribution is 2.20. The summed E-state index contributed by atoms with van der Waals surface area (Å²) < 4.78 is 1.71. The van der Waals surface area contributed by atoms with Gasteiger partial charge in [-0.05, 0) is 6.42 Å². The molecule has 0 aliphatic heterocycles. The van der Waals surface area contributed by atoms with Crippen molar-refractivity contribution in [3.63, 3.8) is 0 Å². The Hall–Kier alpha value is -1.49. The SMILES string of the molecule is CCC(Cl)c1cn(Cc2cnccn2)nn1. The highest BCUT2D eigenvalue weighted by atomic mass is 35.5. The monoisotopic (exact) mass is 237 g/mol. The van der Waals surface area contributed by atoms with Gasteiger partial charge in [-0.1, -0.05) is 12.1 Å². The van der Waals surface area contributed by atoms with Crippen molar-refractivity contribution < 1.29 is 0 Å². The lowest BCUT2D eigenvalue weighted by Crippen LogP contribution is -2.02. The first-order chi connectivity index (χ1) is 7.79. The Morgan fingerprint density at radius 2 is 2.31 bits per heavy atom. The zero-order chi connectivity index (χ0) is 11.4. The normalized spacial score (nSPS) is 12.6. The summed E-state index contributed by atoms with van der Waals surface area (Å²) >= 11 is 6.06. The van der Waals surface area contributed by atoms with Gasteiger partial charge in [0.2, 0.25) is 0 Å². The molecule has 0 fully saturated rings. The Morgan fingerprint density at radius 1 is 1.44 bits per heavy atom. The van der Waals surface area contributed by atoms with E-state index in [1.165, 1.54) is 0 Å². The van der Waals surface area contributed by atoms with E-state index in [1.807, 2.05) is 13.1 Å². The van der Waals surface area contributed by atoms with Crippen LogP contribution in [0.1, 0.15) is 30.1 Å². The second kappa shape index (κ2) is 5.03. The van der Waals surface area contributed by atoms with E-state index in [1.54, 1.807) is 23.3 Å². The molecule has 6 heteroatoms. The van der Waals surface area contributed by atoms with Crippen LogP contribution in [0.4, 0.5) is 0 Å². The first kappa shape index (κ1) is 11.0. The molecule has 84 valence electrons. The Morgan fingerprint density at radius 3 is 3.00 bits per heavy atom. The zero-order valence-electron chi connectivity index (χ0n) is 8.91. The van der Waals surface area contributed by atoms with Crippen LogP contribution in [0.2, 0.25) is 0 Å². The molecule has 2 aromatic heterocycles. The smallest absolute Gasteiger partial charge is 0.101 e. The maximum absolute atomic E-state index is 6.06. The molecule has 5 nitrogen and oxygen atoms in total. The van der Waals surface area contributed by atoms with Gasteiger partial charge in [-0.3, -0.25) is 9.97 Å². The number of alkyl halides is 1. The molecule has 1 unspecified atom stereocenters. The Labute approximate surface area is 98.5 Å². The minimum atomic E-state index is -0.0735. The van der Waals surface area contributed by atoms with Crippen LogP contribution in [-0.2, 0) is 6.54 Å². The highest BCUT2D eigenvalue weighted by molar-refractivity contribution is 6.20. The molecule has 1 atom stereocenters. The van der Waals surface area contributed by atoms with E-state index in [2.05, 4.69) is 20.3 Å². The second-order valence-corrected chi connectivity index (χ2v) is 3.94. The first-order valence-corrected chi connectivity index (χ1v) is 5.52. The first-order valence-electron chi connectivity index (χ1n) is 5.08. The fourth-order valence-electron chi connectivity index (χ4n) is 1.32. The number of hydrogen-bond donors (Lipinski definition) is 0. The van der Waals surface area contributed by atoms with E-state index in [0.29, 0.717) is 6.54 Å². The van der Waals surface area contributed by atoms with Gasteiger partial charge in [-0.25, -0.2) is 4.68 Å². The van der Waals surface area contributed by atoms with Crippen LogP contribution in [0.5, 0.6) is 0 Å². The standard InChI is InChI=1S/C10H12ClN5/c1-2-9(11)10-7-16(15-14-10)6-8-5-12-3-4-13-8/h3-5,7,9H,2,6H2,1H3. The van der Waals surface area contributed by atoms with Gasteiger partial charge in [0.25, 0.3) is 0 Å².